The summed E-state index contributed by atoms with van der Waals surface area (Å²) in [6, 6.07) is 17.0. The van der Waals surface area contributed by atoms with Gasteiger partial charge in [0.15, 0.2) is 0 Å². The van der Waals surface area contributed by atoms with Gasteiger partial charge in [-0.3, -0.25) is 0 Å². The second kappa shape index (κ2) is 5.95. The molecule has 1 aliphatic carbocycles. The quantitative estimate of drug-likeness (QED) is 0.493. The van der Waals surface area contributed by atoms with E-state index in [4.69, 9.17) is 4.98 Å². The summed E-state index contributed by atoms with van der Waals surface area (Å²) < 4.78 is 1.94. The van der Waals surface area contributed by atoms with Crippen LogP contribution in [0, 0.1) is 6.92 Å². The van der Waals surface area contributed by atoms with Gasteiger partial charge in [-0.15, -0.1) is 0 Å². The number of hydrogen-bond acceptors (Lipinski definition) is 2. The fraction of sp³-hybridized carbons (Fsp3) is 0.130. The summed E-state index contributed by atoms with van der Waals surface area (Å²) in [7, 11) is 0. The molecule has 0 fully saturated rings. The van der Waals surface area contributed by atoms with Crippen molar-refractivity contribution in [1.82, 2.24) is 14.8 Å². The lowest BCUT2D eigenvalue weighted by atomic mass is 9.97. The molecule has 0 atom stereocenters. The van der Waals surface area contributed by atoms with E-state index in [9.17, 15) is 0 Å². The number of nitrogens with zero attached hydrogens (tertiary/aromatic N) is 3. The average molecular weight is 337 g/mol. The summed E-state index contributed by atoms with van der Waals surface area (Å²) in [5, 5.41) is 5.78. The SMILES string of the molecule is Cc1cc(-c2cnn(-c3ccc4c(c3)CCC=C4)c2)nc2ccccc12. The van der Waals surface area contributed by atoms with Crippen LogP contribution in [0.25, 0.3) is 33.9 Å². The second-order valence-electron chi connectivity index (χ2n) is 6.84. The van der Waals surface area contributed by atoms with Crippen molar-refractivity contribution in [2.24, 2.45) is 0 Å². The number of hydrogen-bond donors (Lipinski definition) is 0. The number of para-hydroxylation sites is 1. The standard InChI is InChI=1S/C23H19N3/c1-16-12-23(25-22-9-5-4-8-21(16)22)19-14-24-26(15-19)20-11-10-17-6-2-3-7-18(17)13-20/h2,4-6,8-15H,3,7H2,1H3. The van der Waals surface area contributed by atoms with Gasteiger partial charge >= 0.3 is 0 Å². The number of pyridine rings is 1. The van der Waals surface area contributed by atoms with Gasteiger partial charge in [-0.05, 0) is 60.7 Å². The predicted molar refractivity (Wildman–Crippen MR) is 106 cm³/mol. The minimum atomic E-state index is 0.966. The Morgan fingerprint density at radius 3 is 2.92 bits per heavy atom. The number of fused-ring (bicyclic) bond motifs is 2. The Labute approximate surface area is 152 Å². The van der Waals surface area contributed by atoms with Crippen molar-refractivity contribution in [1.29, 1.82) is 0 Å². The minimum absolute atomic E-state index is 0.966. The third kappa shape index (κ3) is 2.53. The first kappa shape index (κ1) is 15.1. The molecular formula is C23H19N3. The first-order valence-corrected chi connectivity index (χ1v) is 8.99. The molecule has 0 N–H and O–H groups in total. The van der Waals surface area contributed by atoms with E-state index < -0.39 is 0 Å². The molecule has 1 aliphatic rings. The number of aromatic nitrogens is 3. The first-order valence-electron chi connectivity index (χ1n) is 8.99. The van der Waals surface area contributed by atoms with Crippen LogP contribution in [0.15, 0.2) is 67.0 Å². The van der Waals surface area contributed by atoms with E-state index in [-0.39, 0.29) is 0 Å². The molecule has 3 nitrogen and oxygen atoms in total. The lowest BCUT2D eigenvalue weighted by molar-refractivity contribution is 0.873. The normalized spacial score (nSPS) is 13.1. The molecular weight excluding hydrogens is 318 g/mol. The zero-order chi connectivity index (χ0) is 17.5. The van der Waals surface area contributed by atoms with Crippen LogP contribution in [0.2, 0.25) is 0 Å². The largest absolute Gasteiger partial charge is 0.248 e. The third-order valence-corrected chi connectivity index (χ3v) is 5.07. The van der Waals surface area contributed by atoms with E-state index >= 15 is 0 Å². The molecule has 2 aromatic carbocycles. The molecule has 0 aliphatic heterocycles. The molecule has 0 radical (unpaired) electrons. The van der Waals surface area contributed by atoms with E-state index in [0.717, 1.165) is 35.3 Å². The zero-order valence-electron chi connectivity index (χ0n) is 14.7. The van der Waals surface area contributed by atoms with Crippen molar-refractivity contribution in [3.63, 3.8) is 0 Å². The molecule has 0 unspecified atom stereocenters. The Morgan fingerprint density at radius 2 is 1.96 bits per heavy atom. The van der Waals surface area contributed by atoms with Gasteiger partial charge in [0.25, 0.3) is 0 Å². The molecule has 126 valence electrons. The third-order valence-electron chi connectivity index (χ3n) is 5.07. The van der Waals surface area contributed by atoms with Crippen LogP contribution < -0.4 is 0 Å². The highest BCUT2D eigenvalue weighted by Crippen LogP contribution is 2.26. The van der Waals surface area contributed by atoms with Crippen LogP contribution in [-0.2, 0) is 6.42 Å². The molecule has 0 saturated carbocycles. The van der Waals surface area contributed by atoms with Crippen LogP contribution in [0.4, 0.5) is 0 Å². The Hall–Kier alpha value is -3.20. The lowest BCUT2D eigenvalue weighted by Gasteiger charge is -2.12. The van der Waals surface area contributed by atoms with Crippen LogP contribution in [0.5, 0.6) is 0 Å². The van der Waals surface area contributed by atoms with Gasteiger partial charge < -0.3 is 0 Å². The topological polar surface area (TPSA) is 30.7 Å². The van der Waals surface area contributed by atoms with Crippen LogP contribution in [0.1, 0.15) is 23.1 Å². The van der Waals surface area contributed by atoms with Gasteiger partial charge in [0.2, 0.25) is 0 Å². The number of aryl methyl sites for hydroxylation is 2. The van der Waals surface area contributed by atoms with E-state index in [1.807, 2.05) is 16.9 Å². The molecule has 0 amide bonds. The lowest BCUT2D eigenvalue weighted by Crippen LogP contribution is -1.99. The van der Waals surface area contributed by atoms with Gasteiger partial charge in [-0.25, -0.2) is 9.67 Å². The highest BCUT2D eigenvalue weighted by molar-refractivity contribution is 5.84. The molecule has 0 spiro atoms. The van der Waals surface area contributed by atoms with Crippen molar-refractivity contribution < 1.29 is 0 Å². The molecule has 0 saturated heterocycles. The van der Waals surface area contributed by atoms with Gasteiger partial charge in [0.05, 0.1) is 23.1 Å². The summed E-state index contributed by atoms with van der Waals surface area (Å²) in [6.07, 6.45) is 10.6. The van der Waals surface area contributed by atoms with Crippen molar-refractivity contribution >= 4 is 17.0 Å². The number of benzene rings is 2. The molecule has 0 bridgehead atoms. The maximum Gasteiger partial charge on any atom is 0.0744 e. The summed E-state index contributed by atoms with van der Waals surface area (Å²) in [4.78, 5) is 4.82. The highest BCUT2D eigenvalue weighted by Gasteiger charge is 2.10. The monoisotopic (exact) mass is 337 g/mol. The Morgan fingerprint density at radius 1 is 1.04 bits per heavy atom. The van der Waals surface area contributed by atoms with Crippen molar-refractivity contribution in [2.45, 2.75) is 19.8 Å². The van der Waals surface area contributed by atoms with E-state index in [1.54, 1.807) is 0 Å². The summed E-state index contributed by atoms with van der Waals surface area (Å²) in [5.41, 5.74) is 8.07. The van der Waals surface area contributed by atoms with Crippen LogP contribution in [0.3, 0.4) is 0 Å². The van der Waals surface area contributed by atoms with E-state index in [0.29, 0.717) is 0 Å². The second-order valence-corrected chi connectivity index (χ2v) is 6.84. The van der Waals surface area contributed by atoms with Gasteiger partial charge in [-0.1, -0.05) is 36.4 Å². The van der Waals surface area contributed by atoms with Crippen molar-refractivity contribution in [3.05, 3.63) is 83.7 Å². The Bertz CT molecular complexity index is 1150. The maximum atomic E-state index is 4.82. The fourth-order valence-corrected chi connectivity index (χ4v) is 3.66. The molecule has 2 aromatic heterocycles. The number of allylic oxidation sites excluding steroid dienone is 1. The van der Waals surface area contributed by atoms with Gasteiger partial charge in [0.1, 0.15) is 0 Å². The maximum absolute atomic E-state index is 4.82. The smallest absolute Gasteiger partial charge is 0.0744 e. The molecule has 5 rings (SSSR count). The van der Waals surface area contributed by atoms with Gasteiger partial charge in [0, 0.05) is 17.1 Å². The molecule has 2 heterocycles. The Balaban J connectivity index is 1.55. The minimum Gasteiger partial charge on any atom is -0.248 e. The molecule has 4 aromatic rings. The van der Waals surface area contributed by atoms with E-state index in [2.05, 4.69) is 72.8 Å². The average Bonchev–Trinajstić information content (AvgIpc) is 3.18. The molecule has 26 heavy (non-hydrogen) atoms. The fourth-order valence-electron chi connectivity index (χ4n) is 3.66. The summed E-state index contributed by atoms with van der Waals surface area (Å²) >= 11 is 0. The van der Waals surface area contributed by atoms with Gasteiger partial charge in [-0.2, -0.15) is 5.10 Å². The Kier molecular flexibility index (Phi) is 3.45. The summed E-state index contributed by atoms with van der Waals surface area (Å²) in [6.45, 7) is 2.13. The summed E-state index contributed by atoms with van der Waals surface area (Å²) in [5.74, 6) is 0. The molecule has 3 heteroatoms. The van der Waals surface area contributed by atoms with Crippen LogP contribution >= 0.6 is 0 Å². The van der Waals surface area contributed by atoms with Crippen molar-refractivity contribution in [3.8, 4) is 16.9 Å². The zero-order valence-corrected chi connectivity index (χ0v) is 14.7. The number of rotatable bonds is 2. The van der Waals surface area contributed by atoms with Crippen LogP contribution in [-0.4, -0.2) is 14.8 Å². The predicted octanol–water partition coefficient (Wildman–Crippen LogP) is 5.36. The van der Waals surface area contributed by atoms with Crippen molar-refractivity contribution in [2.75, 3.05) is 0 Å². The van der Waals surface area contributed by atoms with E-state index in [1.165, 1.54) is 22.1 Å². The first-order chi connectivity index (χ1) is 12.8. The highest BCUT2D eigenvalue weighted by atomic mass is 15.3.